The molecule has 0 radical (unpaired) electrons. The van der Waals surface area contributed by atoms with Crippen LogP contribution in [0.2, 0.25) is 0 Å². The first-order chi connectivity index (χ1) is 18.3. The summed E-state index contributed by atoms with van der Waals surface area (Å²) in [6.45, 7) is 20.9. The fourth-order valence-electron chi connectivity index (χ4n) is 6.25. The van der Waals surface area contributed by atoms with Crippen LogP contribution < -0.4 is 21.9 Å². The molecule has 2 rings (SSSR count). The molecule has 234 valence electrons. The molecule has 1 N–H and O–H groups in total. The highest BCUT2D eigenvalue weighted by Crippen LogP contribution is 2.45. The third-order valence-corrected chi connectivity index (χ3v) is 9.49. The van der Waals surface area contributed by atoms with Crippen molar-refractivity contribution in [3.8, 4) is 11.5 Å². The van der Waals surface area contributed by atoms with Crippen LogP contribution in [0.3, 0.4) is 0 Å². The normalized spacial score (nSPS) is 18.6. The van der Waals surface area contributed by atoms with Crippen LogP contribution in [0, 0.1) is 38.5 Å². The second kappa shape index (κ2) is 17.2. The topological polar surface area (TPSA) is 38.7 Å². The summed E-state index contributed by atoms with van der Waals surface area (Å²) >= 11 is 0. The zero-order chi connectivity index (χ0) is 29.2. The first-order valence-electron chi connectivity index (χ1n) is 16.2. The second-order valence-corrected chi connectivity index (χ2v) is 14.4. The Morgan fingerprint density at radius 3 is 2.00 bits per heavy atom. The zero-order valence-corrected chi connectivity index (χ0v) is 28.7. The summed E-state index contributed by atoms with van der Waals surface area (Å²) in [5.74, 6) is 4.67. The van der Waals surface area contributed by atoms with Gasteiger partial charge in [0.15, 0.2) is 0 Å². The number of aliphatic hydroxyl groups excluding tert-OH is 1. The van der Waals surface area contributed by atoms with Crippen LogP contribution in [0.1, 0.15) is 121 Å². The van der Waals surface area contributed by atoms with E-state index in [-0.39, 0.29) is 24.6 Å². The van der Waals surface area contributed by atoms with Gasteiger partial charge in [0.05, 0.1) is 20.7 Å². The van der Waals surface area contributed by atoms with Gasteiger partial charge in [-0.1, -0.05) is 72.6 Å². The summed E-state index contributed by atoms with van der Waals surface area (Å²) in [7, 11) is 4.28. The first-order valence-corrected chi connectivity index (χ1v) is 16.2. The Morgan fingerprint density at radius 2 is 1.43 bits per heavy atom. The molecule has 0 amide bonds. The van der Waals surface area contributed by atoms with Gasteiger partial charge in [-0.2, -0.15) is 0 Å². The molecule has 1 aromatic rings. The zero-order valence-electron chi connectivity index (χ0n) is 27.9. The van der Waals surface area contributed by atoms with Crippen molar-refractivity contribution in [2.75, 3.05) is 40.4 Å². The fourth-order valence-corrected chi connectivity index (χ4v) is 6.25. The number of aliphatic hydroxyl groups is 1. The van der Waals surface area contributed by atoms with E-state index in [2.05, 4.69) is 69.5 Å². The molecule has 3 atom stereocenters. The molecule has 0 aliphatic carbocycles. The lowest BCUT2D eigenvalue weighted by atomic mass is 9.83. The smallest absolute Gasteiger partial charge is 0.137 e. The third-order valence-electron chi connectivity index (χ3n) is 9.49. The number of quaternary nitrogens is 1. The maximum atomic E-state index is 9.32. The molecule has 1 aliphatic heterocycles. The minimum absolute atomic E-state index is 0. The average molecular weight is 582 g/mol. The van der Waals surface area contributed by atoms with Gasteiger partial charge in [-0.15, -0.1) is 0 Å². The maximum Gasteiger partial charge on any atom is 0.137 e. The Bertz CT molecular complexity index is 884. The minimum Gasteiger partial charge on any atom is -1.00 e. The number of ether oxygens (including phenoxy) is 2. The van der Waals surface area contributed by atoms with Crippen molar-refractivity contribution in [3.05, 3.63) is 22.3 Å². The minimum atomic E-state index is -0.0739. The molecule has 0 bridgehead atoms. The molecule has 0 spiro atoms. The summed E-state index contributed by atoms with van der Waals surface area (Å²) in [6.07, 6.45) is 14.1. The number of benzene rings is 1. The predicted octanol–water partition coefficient (Wildman–Crippen LogP) is 5.59. The van der Waals surface area contributed by atoms with Crippen LogP contribution in [0.4, 0.5) is 0 Å². The van der Waals surface area contributed by atoms with Crippen molar-refractivity contribution in [1.29, 1.82) is 0 Å². The molecule has 1 heterocycles. The van der Waals surface area contributed by atoms with Crippen LogP contribution in [-0.4, -0.2) is 55.6 Å². The maximum absolute atomic E-state index is 9.32. The van der Waals surface area contributed by atoms with Crippen LogP contribution >= 0.6 is 0 Å². The summed E-state index contributed by atoms with van der Waals surface area (Å²) in [6, 6.07) is 0. The molecular weight excluding hydrogens is 518 g/mol. The number of rotatable bonds is 18. The van der Waals surface area contributed by atoms with E-state index < -0.39 is 0 Å². The lowest BCUT2D eigenvalue weighted by molar-refractivity contribution is -0.890. The SMILES string of the molecule is Cc1c(C)c2c(c(C)c1OCC[N+](C)(C)CCO)CCC(C)(CCCC(C)CCCC(C)CCCC(C)C)O2.[Cl-]. The van der Waals surface area contributed by atoms with Crippen LogP contribution in [0.25, 0.3) is 0 Å². The number of halogens is 1. The van der Waals surface area contributed by atoms with E-state index in [4.69, 9.17) is 9.47 Å². The highest BCUT2D eigenvalue weighted by atomic mass is 35.5. The van der Waals surface area contributed by atoms with Crippen molar-refractivity contribution in [2.45, 2.75) is 132 Å². The molecular formula is C35H64ClNO3. The average Bonchev–Trinajstić information content (AvgIpc) is 2.84. The van der Waals surface area contributed by atoms with Crippen LogP contribution in [0.5, 0.6) is 11.5 Å². The number of likely N-dealkylation sites (N-methyl/N-ethyl adjacent to an activating group) is 1. The molecule has 1 aliphatic rings. The Kier molecular flexibility index (Phi) is 16.0. The molecule has 0 saturated carbocycles. The van der Waals surface area contributed by atoms with Crippen LogP contribution in [0.15, 0.2) is 0 Å². The van der Waals surface area contributed by atoms with E-state index >= 15 is 0 Å². The van der Waals surface area contributed by atoms with E-state index in [1.165, 1.54) is 73.6 Å². The summed E-state index contributed by atoms with van der Waals surface area (Å²) in [5, 5.41) is 9.32. The van der Waals surface area contributed by atoms with Gasteiger partial charge >= 0.3 is 0 Å². The molecule has 0 saturated heterocycles. The summed E-state index contributed by atoms with van der Waals surface area (Å²) < 4.78 is 13.9. The van der Waals surface area contributed by atoms with Gasteiger partial charge in [0, 0.05) is 5.56 Å². The lowest BCUT2D eigenvalue weighted by Gasteiger charge is -2.38. The van der Waals surface area contributed by atoms with Crippen molar-refractivity contribution in [1.82, 2.24) is 0 Å². The highest BCUT2D eigenvalue weighted by Gasteiger charge is 2.34. The Balaban J connectivity index is 0.00000800. The number of fused-ring (bicyclic) bond motifs is 1. The third kappa shape index (κ3) is 11.7. The Morgan fingerprint density at radius 1 is 0.850 bits per heavy atom. The Hall–Kier alpha value is -0.970. The van der Waals surface area contributed by atoms with Gasteiger partial charge in [0.25, 0.3) is 0 Å². The number of hydrogen-bond acceptors (Lipinski definition) is 3. The lowest BCUT2D eigenvalue weighted by Crippen LogP contribution is -3.00. The Labute approximate surface area is 254 Å². The van der Waals surface area contributed by atoms with Gasteiger partial charge < -0.3 is 31.5 Å². The van der Waals surface area contributed by atoms with Gasteiger partial charge in [-0.3, -0.25) is 0 Å². The van der Waals surface area contributed by atoms with Crippen molar-refractivity contribution in [2.24, 2.45) is 17.8 Å². The first kappa shape index (κ1) is 37.1. The quantitative estimate of drug-likeness (QED) is 0.230. The summed E-state index contributed by atoms with van der Waals surface area (Å²) in [4.78, 5) is 0. The van der Waals surface area contributed by atoms with Gasteiger partial charge in [-0.25, -0.2) is 0 Å². The molecule has 3 unspecified atom stereocenters. The van der Waals surface area contributed by atoms with E-state index in [1.807, 2.05) is 0 Å². The van der Waals surface area contributed by atoms with E-state index in [0.29, 0.717) is 6.61 Å². The van der Waals surface area contributed by atoms with E-state index in [9.17, 15) is 5.11 Å². The monoisotopic (exact) mass is 581 g/mol. The molecule has 4 nitrogen and oxygen atoms in total. The largest absolute Gasteiger partial charge is 1.00 e. The molecule has 1 aromatic carbocycles. The van der Waals surface area contributed by atoms with Crippen molar-refractivity contribution in [3.63, 3.8) is 0 Å². The van der Waals surface area contributed by atoms with Crippen LogP contribution in [-0.2, 0) is 6.42 Å². The second-order valence-electron chi connectivity index (χ2n) is 14.4. The van der Waals surface area contributed by atoms with Crippen molar-refractivity contribution >= 4 is 0 Å². The molecule has 0 aromatic heterocycles. The highest BCUT2D eigenvalue weighted by molar-refractivity contribution is 5.59. The van der Waals surface area contributed by atoms with Gasteiger partial charge in [0.1, 0.15) is 36.8 Å². The fraction of sp³-hybridized carbons (Fsp3) is 0.829. The summed E-state index contributed by atoms with van der Waals surface area (Å²) in [5.41, 5.74) is 4.95. The predicted molar refractivity (Wildman–Crippen MR) is 167 cm³/mol. The van der Waals surface area contributed by atoms with E-state index in [1.54, 1.807) is 0 Å². The van der Waals surface area contributed by atoms with Gasteiger partial charge in [0.2, 0.25) is 0 Å². The molecule has 40 heavy (non-hydrogen) atoms. The van der Waals surface area contributed by atoms with E-state index in [0.717, 1.165) is 66.1 Å². The molecule has 5 heteroatoms. The molecule has 0 fully saturated rings. The number of hydrogen-bond donors (Lipinski definition) is 1. The van der Waals surface area contributed by atoms with Gasteiger partial charge in [-0.05, 0) is 87.8 Å². The number of nitrogens with zero attached hydrogens (tertiary/aromatic N) is 1. The van der Waals surface area contributed by atoms with Crippen molar-refractivity contribution < 1.29 is 31.5 Å². The standard InChI is InChI=1S/C35H64NO3.ClH/c1-26(2)14-11-15-27(3)16-12-17-28(4)18-13-20-35(8)21-19-32-31(7)33(29(5)30(6)34(32)39-35)38-25-23-36(9,10)22-24-37;/h26-28,37H,11-25H2,1-10H3;1H/q+1;/p-1.